The number of halogens is 1. The fourth-order valence-corrected chi connectivity index (χ4v) is 6.11. The first-order chi connectivity index (χ1) is 19.6. The Kier molecular flexibility index (Phi) is 8.89. The number of hydrogen-bond acceptors (Lipinski definition) is 8. The van der Waals surface area contributed by atoms with Crippen LogP contribution in [0.3, 0.4) is 0 Å². The molecule has 0 unspecified atom stereocenters. The highest BCUT2D eigenvalue weighted by Gasteiger charge is 2.35. The lowest BCUT2D eigenvalue weighted by Crippen LogP contribution is -2.52. The number of ether oxygens (including phenoxy) is 2. The molecule has 4 aromatic rings. The number of rotatable bonds is 12. The van der Waals surface area contributed by atoms with Crippen molar-refractivity contribution in [3.05, 3.63) is 74.4 Å². The molecule has 1 atom stereocenters. The standard InChI is InChI=1S/C29H32FN5O5S/c1-6-9-23(36)29(3,4)35-25(37)24-18(2)26(34-14-8-13-32-34)41-27(24)33(28(35)38)17-22(40-15-7-12-31)20-16-19(30)10-11-21(20)39-5/h8,10-11,13-14,16,22H,6-7,9,15,17H2,1-5H3/t22-/m0/s1. The van der Waals surface area contributed by atoms with Gasteiger partial charge in [-0.15, -0.1) is 0 Å². The number of thiophene rings is 1. The Morgan fingerprint density at radius 2 is 2.05 bits per heavy atom. The van der Waals surface area contributed by atoms with Crippen LogP contribution in [0.25, 0.3) is 15.2 Å². The third-order valence-electron chi connectivity index (χ3n) is 7.04. The third-order valence-corrected chi connectivity index (χ3v) is 8.34. The average molecular weight is 582 g/mol. The van der Waals surface area contributed by atoms with Crippen LogP contribution in [0.5, 0.6) is 5.75 Å². The summed E-state index contributed by atoms with van der Waals surface area (Å²) >= 11 is 1.21. The first kappa shape index (κ1) is 29.9. The summed E-state index contributed by atoms with van der Waals surface area (Å²) in [5.74, 6) is -0.445. The smallest absolute Gasteiger partial charge is 0.333 e. The predicted molar refractivity (Wildman–Crippen MR) is 153 cm³/mol. The molecule has 3 aromatic heterocycles. The number of nitriles is 1. The zero-order chi connectivity index (χ0) is 29.9. The summed E-state index contributed by atoms with van der Waals surface area (Å²) < 4.78 is 29.9. The molecule has 1 aromatic carbocycles. The summed E-state index contributed by atoms with van der Waals surface area (Å²) in [5, 5.41) is 14.3. The maximum absolute atomic E-state index is 14.4. The van der Waals surface area contributed by atoms with Crippen LogP contribution in [0, 0.1) is 24.1 Å². The maximum Gasteiger partial charge on any atom is 0.333 e. The van der Waals surface area contributed by atoms with Crippen molar-refractivity contribution in [3.8, 4) is 16.8 Å². The number of methoxy groups -OCH3 is 1. The van der Waals surface area contributed by atoms with Crippen molar-refractivity contribution in [2.24, 2.45) is 0 Å². The van der Waals surface area contributed by atoms with Crippen LogP contribution in [-0.2, 0) is 21.6 Å². The summed E-state index contributed by atoms with van der Waals surface area (Å²) in [5.41, 5.74) is -1.77. The van der Waals surface area contributed by atoms with E-state index >= 15 is 0 Å². The number of nitrogens with zero attached hydrogens (tertiary/aromatic N) is 5. The molecule has 4 rings (SSSR count). The average Bonchev–Trinajstić information content (AvgIpc) is 3.58. The fraction of sp³-hybridized carbons (Fsp3) is 0.414. The zero-order valence-corrected chi connectivity index (χ0v) is 24.5. The molecule has 216 valence electrons. The van der Waals surface area contributed by atoms with Gasteiger partial charge in [0.25, 0.3) is 5.56 Å². The molecule has 0 N–H and O–H groups in total. The number of benzene rings is 1. The number of fused-ring (bicyclic) bond motifs is 1. The summed E-state index contributed by atoms with van der Waals surface area (Å²) in [7, 11) is 1.44. The lowest BCUT2D eigenvalue weighted by atomic mass is 9.95. The second kappa shape index (κ2) is 12.2. The van der Waals surface area contributed by atoms with Gasteiger partial charge in [-0.2, -0.15) is 10.4 Å². The van der Waals surface area contributed by atoms with Gasteiger partial charge in [-0.1, -0.05) is 18.3 Å². The third kappa shape index (κ3) is 5.60. The lowest BCUT2D eigenvalue weighted by Gasteiger charge is -2.27. The number of carbonyl (C=O) groups excluding carboxylic acids is 1. The first-order valence-electron chi connectivity index (χ1n) is 13.2. The molecule has 0 saturated carbocycles. The molecule has 0 aliphatic heterocycles. The van der Waals surface area contributed by atoms with E-state index in [1.165, 1.54) is 41.2 Å². The van der Waals surface area contributed by atoms with E-state index < -0.39 is 28.7 Å². The van der Waals surface area contributed by atoms with E-state index in [1.54, 1.807) is 43.9 Å². The normalized spacial score (nSPS) is 12.4. The van der Waals surface area contributed by atoms with Crippen molar-refractivity contribution in [1.82, 2.24) is 18.9 Å². The highest BCUT2D eigenvalue weighted by molar-refractivity contribution is 7.21. The van der Waals surface area contributed by atoms with Gasteiger partial charge in [-0.25, -0.2) is 18.4 Å². The summed E-state index contributed by atoms with van der Waals surface area (Å²) in [4.78, 5) is 41.8. The lowest BCUT2D eigenvalue weighted by molar-refractivity contribution is -0.126. The summed E-state index contributed by atoms with van der Waals surface area (Å²) in [6, 6.07) is 7.74. The van der Waals surface area contributed by atoms with Gasteiger partial charge in [0.1, 0.15) is 33.0 Å². The van der Waals surface area contributed by atoms with E-state index in [0.29, 0.717) is 33.1 Å². The van der Waals surface area contributed by atoms with Crippen molar-refractivity contribution >= 4 is 27.3 Å². The van der Waals surface area contributed by atoms with Crippen LogP contribution in [-0.4, -0.2) is 38.4 Å². The van der Waals surface area contributed by atoms with E-state index in [2.05, 4.69) is 5.10 Å². The van der Waals surface area contributed by atoms with Gasteiger partial charge in [0.15, 0.2) is 5.78 Å². The molecule has 0 fully saturated rings. The predicted octanol–water partition coefficient (Wildman–Crippen LogP) is 4.64. The van der Waals surface area contributed by atoms with E-state index in [-0.39, 0.29) is 37.2 Å². The molecule has 0 aliphatic carbocycles. The zero-order valence-electron chi connectivity index (χ0n) is 23.6. The van der Waals surface area contributed by atoms with Gasteiger partial charge in [-0.05, 0) is 51.5 Å². The second-order valence-electron chi connectivity index (χ2n) is 10.1. The molecule has 0 radical (unpaired) electrons. The van der Waals surface area contributed by atoms with Crippen molar-refractivity contribution in [3.63, 3.8) is 0 Å². The molecule has 0 spiro atoms. The highest BCUT2D eigenvalue weighted by atomic mass is 32.1. The van der Waals surface area contributed by atoms with Gasteiger partial charge in [0, 0.05) is 29.9 Å². The Morgan fingerprint density at radius 3 is 2.68 bits per heavy atom. The molecule has 10 nitrogen and oxygen atoms in total. The second-order valence-corrected chi connectivity index (χ2v) is 11.1. The minimum Gasteiger partial charge on any atom is -0.496 e. The Balaban J connectivity index is 2.03. The molecule has 3 heterocycles. The topological polar surface area (TPSA) is 121 Å². The monoisotopic (exact) mass is 581 g/mol. The Morgan fingerprint density at radius 1 is 1.29 bits per heavy atom. The number of aryl methyl sites for hydroxylation is 1. The molecule has 0 aliphatic rings. The van der Waals surface area contributed by atoms with Crippen LogP contribution in [0.2, 0.25) is 0 Å². The number of hydrogen-bond donors (Lipinski definition) is 0. The molecule has 0 saturated heterocycles. The Bertz CT molecular complexity index is 1730. The fourth-order valence-electron chi connectivity index (χ4n) is 4.86. The molecular formula is C29H32FN5O5S. The highest BCUT2D eigenvalue weighted by Crippen LogP contribution is 2.34. The van der Waals surface area contributed by atoms with Crippen molar-refractivity contribution < 1.29 is 18.7 Å². The van der Waals surface area contributed by atoms with Crippen molar-refractivity contribution in [2.45, 2.75) is 65.1 Å². The van der Waals surface area contributed by atoms with Crippen molar-refractivity contribution in [1.29, 1.82) is 5.26 Å². The van der Waals surface area contributed by atoms with Crippen LogP contribution in [0.1, 0.15) is 57.3 Å². The van der Waals surface area contributed by atoms with Crippen LogP contribution >= 0.6 is 11.3 Å². The number of aromatic nitrogens is 4. The van der Waals surface area contributed by atoms with Crippen LogP contribution < -0.4 is 16.0 Å². The van der Waals surface area contributed by atoms with Gasteiger partial charge >= 0.3 is 5.69 Å². The van der Waals surface area contributed by atoms with E-state index in [1.807, 2.05) is 13.0 Å². The first-order valence-corrected chi connectivity index (χ1v) is 14.0. The molecule has 12 heteroatoms. The molecule has 41 heavy (non-hydrogen) atoms. The number of Topliss-reactive ketones (excluding diaryl/α,β-unsaturated/α-hetero) is 1. The van der Waals surface area contributed by atoms with E-state index in [0.717, 1.165) is 4.57 Å². The Labute approximate surface area is 240 Å². The number of carbonyl (C=O) groups is 1. The quantitative estimate of drug-likeness (QED) is 0.223. The van der Waals surface area contributed by atoms with Crippen LogP contribution in [0.4, 0.5) is 4.39 Å². The SMILES string of the molecule is CCCC(=O)C(C)(C)n1c(=O)c2c(C)c(-n3cccn3)sc2n(C[C@H](OCCC#N)c2cc(F)ccc2OC)c1=O. The van der Waals surface area contributed by atoms with Gasteiger partial charge in [0.05, 0.1) is 38.1 Å². The summed E-state index contributed by atoms with van der Waals surface area (Å²) in [6.07, 6.45) is 3.24. The molecular weight excluding hydrogens is 549 g/mol. The van der Waals surface area contributed by atoms with Crippen molar-refractivity contribution in [2.75, 3.05) is 13.7 Å². The van der Waals surface area contributed by atoms with E-state index in [9.17, 15) is 18.8 Å². The maximum atomic E-state index is 14.4. The molecule has 0 amide bonds. The van der Waals surface area contributed by atoms with Gasteiger partial charge in [-0.3, -0.25) is 14.2 Å². The van der Waals surface area contributed by atoms with Crippen LogP contribution in [0.15, 0.2) is 46.2 Å². The largest absolute Gasteiger partial charge is 0.496 e. The minimum atomic E-state index is -1.44. The van der Waals surface area contributed by atoms with E-state index in [4.69, 9.17) is 14.7 Å². The summed E-state index contributed by atoms with van der Waals surface area (Å²) in [6.45, 7) is 6.63. The minimum absolute atomic E-state index is 0.0147. The Hall–Kier alpha value is -4.08. The van der Waals surface area contributed by atoms with Gasteiger partial charge in [0.2, 0.25) is 0 Å². The van der Waals surface area contributed by atoms with Gasteiger partial charge < -0.3 is 9.47 Å². The molecule has 0 bridgehead atoms. The number of ketones is 1.